The van der Waals surface area contributed by atoms with E-state index in [0.29, 0.717) is 17.5 Å². The Labute approximate surface area is 322 Å². The lowest BCUT2D eigenvalue weighted by molar-refractivity contribution is 1.07. The van der Waals surface area contributed by atoms with Crippen molar-refractivity contribution in [1.29, 1.82) is 0 Å². The third-order valence-electron chi connectivity index (χ3n) is 9.17. The molecule has 4 nitrogen and oxygen atoms in total. The summed E-state index contributed by atoms with van der Waals surface area (Å²) in [5, 5.41) is 2.52. The second kappa shape index (κ2) is 19.2. The molecule has 0 N–H and O–H groups in total. The van der Waals surface area contributed by atoms with Gasteiger partial charge in [0.25, 0.3) is 0 Å². The molecule has 0 saturated carbocycles. The molecule has 0 bridgehead atoms. The Bertz CT molecular complexity index is 2280. The molecule has 7 aromatic rings. The minimum absolute atomic E-state index is 0.614. The predicted molar refractivity (Wildman–Crippen MR) is 233 cm³/mol. The van der Waals surface area contributed by atoms with Crippen molar-refractivity contribution in [3.63, 3.8) is 0 Å². The summed E-state index contributed by atoms with van der Waals surface area (Å²) in [7, 11) is 0. The summed E-state index contributed by atoms with van der Waals surface area (Å²) in [5.41, 5.74) is 12.2. The van der Waals surface area contributed by atoms with Crippen molar-refractivity contribution >= 4 is 22.9 Å². The molecule has 4 heteroatoms. The van der Waals surface area contributed by atoms with Crippen LogP contribution < -0.4 is 0 Å². The molecule has 272 valence electrons. The van der Waals surface area contributed by atoms with Gasteiger partial charge in [-0.2, -0.15) is 0 Å². The first-order valence-electron chi connectivity index (χ1n) is 19.4. The molecule has 54 heavy (non-hydrogen) atoms. The lowest BCUT2D eigenvalue weighted by Crippen LogP contribution is -2.01. The Morgan fingerprint density at radius 1 is 0.519 bits per heavy atom. The third kappa shape index (κ3) is 8.61. The number of benzene rings is 5. The SMILES string of the molecule is C/C=C\c1c(CC)c(C)c(/C=C\CC)c2ccc(-c3cc(-c4ccccn4)cc(-c4nc(-c5ccccc5)nc(-c5ccccc5)n4)c3)cc12.CC.CC. The zero-order valence-electron chi connectivity index (χ0n) is 33.1. The first kappa shape index (κ1) is 39.2. The number of fused-ring (bicyclic) bond motifs is 1. The number of hydrogen-bond donors (Lipinski definition) is 0. The van der Waals surface area contributed by atoms with Crippen LogP contribution in [-0.4, -0.2) is 19.9 Å². The molecule has 7 rings (SSSR count). The van der Waals surface area contributed by atoms with Gasteiger partial charge in [0.15, 0.2) is 17.5 Å². The minimum Gasteiger partial charge on any atom is -0.256 e. The van der Waals surface area contributed by atoms with E-state index in [9.17, 15) is 0 Å². The van der Waals surface area contributed by atoms with Gasteiger partial charge in [-0.1, -0.05) is 145 Å². The molecule has 0 unspecified atom stereocenters. The Morgan fingerprint density at radius 2 is 1.09 bits per heavy atom. The number of nitrogens with zero attached hydrogens (tertiary/aromatic N) is 4. The van der Waals surface area contributed by atoms with E-state index in [4.69, 9.17) is 19.9 Å². The Morgan fingerprint density at radius 3 is 1.65 bits per heavy atom. The molecular weight excluding hydrogens is 657 g/mol. The van der Waals surface area contributed by atoms with Gasteiger partial charge < -0.3 is 0 Å². The standard InChI is InChI=1S/C46H40N4.2C2H6/c1-5-8-22-39-31(4)38(7-3)40(17-6-2)42-30-34(24-25-41(39)42)35-27-36(43-23-15-16-26-47-43)29-37(28-35)46-49-44(32-18-11-9-12-19-32)48-45(50-46)33-20-13-10-14-21-33;2*1-2/h6,8-30H,5,7H2,1-4H3;2*1-2H3/b17-6-,22-8-;;. The number of allylic oxidation sites excluding steroid dienone is 2. The largest absolute Gasteiger partial charge is 0.256 e. The van der Waals surface area contributed by atoms with Gasteiger partial charge in [0.1, 0.15) is 0 Å². The number of pyridine rings is 1. The van der Waals surface area contributed by atoms with Crippen LogP contribution in [0.4, 0.5) is 0 Å². The fourth-order valence-corrected chi connectivity index (χ4v) is 6.72. The number of aromatic nitrogens is 4. The van der Waals surface area contributed by atoms with Crippen LogP contribution in [-0.2, 0) is 6.42 Å². The lowest BCUT2D eigenvalue weighted by Gasteiger charge is -2.18. The molecule has 2 aromatic heterocycles. The fraction of sp³-hybridized carbons (Fsp3) is 0.200. The molecule has 0 aliphatic rings. The quantitative estimate of drug-likeness (QED) is 0.150. The molecule has 2 heterocycles. The van der Waals surface area contributed by atoms with E-state index < -0.39 is 0 Å². The molecule has 0 radical (unpaired) electrons. The van der Waals surface area contributed by atoms with Gasteiger partial charge in [-0.3, -0.25) is 4.98 Å². The van der Waals surface area contributed by atoms with E-state index in [1.807, 2.05) is 113 Å². The smallest absolute Gasteiger partial charge is 0.164 e. The molecule has 0 amide bonds. The monoisotopic (exact) mass is 708 g/mol. The zero-order valence-corrected chi connectivity index (χ0v) is 33.1. The number of hydrogen-bond acceptors (Lipinski definition) is 4. The topological polar surface area (TPSA) is 51.6 Å². The van der Waals surface area contributed by atoms with Gasteiger partial charge in [-0.05, 0) is 107 Å². The molecule has 0 spiro atoms. The van der Waals surface area contributed by atoms with Gasteiger partial charge in [-0.25, -0.2) is 15.0 Å². The summed E-state index contributed by atoms with van der Waals surface area (Å²) in [6, 6.07) is 39.7. The maximum Gasteiger partial charge on any atom is 0.164 e. The Kier molecular flexibility index (Phi) is 13.9. The van der Waals surface area contributed by atoms with Gasteiger partial charge in [0, 0.05) is 28.5 Å². The van der Waals surface area contributed by atoms with E-state index in [1.54, 1.807) is 0 Å². The van der Waals surface area contributed by atoms with E-state index in [1.165, 1.54) is 33.0 Å². The summed E-state index contributed by atoms with van der Waals surface area (Å²) in [6.45, 7) is 16.8. The maximum absolute atomic E-state index is 5.07. The van der Waals surface area contributed by atoms with E-state index in [-0.39, 0.29) is 0 Å². The normalized spacial score (nSPS) is 11.0. The average molecular weight is 709 g/mol. The molecule has 5 aromatic carbocycles. The van der Waals surface area contributed by atoms with Gasteiger partial charge in [-0.15, -0.1) is 0 Å². The van der Waals surface area contributed by atoms with Crippen LogP contribution in [0.1, 0.15) is 77.1 Å². The Hall–Kier alpha value is -6.00. The molecule has 0 atom stereocenters. The van der Waals surface area contributed by atoms with Crippen LogP contribution in [0, 0.1) is 6.92 Å². The zero-order chi connectivity index (χ0) is 38.5. The van der Waals surface area contributed by atoms with E-state index >= 15 is 0 Å². The predicted octanol–water partition coefficient (Wildman–Crippen LogP) is 14.1. The third-order valence-corrected chi connectivity index (χ3v) is 9.17. The van der Waals surface area contributed by atoms with E-state index in [0.717, 1.165) is 51.9 Å². The van der Waals surface area contributed by atoms with Crippen LogP contribution in [0.25, 0.3) is 79.5 Å². The fourth-order valence-electron chi connectivity index (χ4n) is 6.72. The summed E-state index contributed by atoms with van der Waals surface area (Å²) < 4.78 is 0. The minimum atomic E-state index is 0.614. The lowest BCUT2D eigenvalue weighted by atomic mass is 9.86. The second-order valence-electron chi connectivity index (χ2n) is 12.4. The summed E-state index contributed by atoms with van der Waals surface area (Å²) in [6.07, 6.45) is 12.8. The second-order valence-corrected chi connectivity index (χ2v) is 12.4. The van der Waals surface area contributed by atoms with Crippen LogP contribution in [0.3, 0.4) is 0 Å². The average Bonchev–Trinajstić information content (AvgIpc) is 3.25. The highest BCUT2D eigenvalue weighted by Gasteiger charge is 2.17. The first-order chi connectivity index (χ1) is 26.6. The van der Waals surface area contributed by atoms with Gasteiger partial charge >= 0.3 is 0 Å². The highest BCUT2D eigenvalue weighted by molar-refractivity contribution is 6.01. The number of rotatable bonds is 9. The first-order valence-corrected chi connectivity index (χ1v) is 19.4. The molecular formula is C50H52N4. The maximum atomic E-state index is 5.07. The summed E-state index contributed by atoms with van der Waals surface area (Å²) in [5.74, 6) is 1.88. The summed E-state index contributed by atoms with van der Waals surface area (Å²) >= 11 is 0. The summed E-state index contributed by atoms with van der Waals surface area (Å²) in [4.78, 5) is 19.8. The van der Waals surface area contributed by atoms with E-state index in [2.05, 4.69) is 88.4 Å². The molecule has 0 fully saturated rings. The Balaban J connectivity index is 0.00000136. The van der Waals surface area contributed by atoms with Crippen molar-refractivity contribution in [2.75, 3.05) is 0 Å². The van der Waals surface area contributed by atoms with Crippen LogP contribution >= 0.6 is 0 Å². The van der Waals surface area contributed by atoms with Crippen molar-refractivity contribution < 1.29 is 0 Å². The van der Waals surface area contributed by atoms with Crippen molar-refractivity contribution in [3.05, 3.63) is 156 Å². The van der Waals surface area contributed by atoms with Crippen molar-refractivity contribution in [1.82, 2.24) is 19.9 Å². The van der Waals surface area contributed by atoms with Crippen LogP contribution in [0.5, 0.6) is 0 Å². The van der Waals surface area contributed by atoms with Gasteiger partial charge in [0.05, 0.1) is 5.69 Å². The van der Waals surface area contributed by atoms with Crippen LogP contribution in [0.2, 0.25) is 0 Å². The molecule has 0 aliphatic carbocycles. The van der Waals surface area contributed by atoms with Crippen LogP contribution in [0.15, 0.2) is 134 Å². The van der Waals surface area contributed by atoms with Crippen molar-refractivity contribution in [3.8, 4) is 56.5 Å². The molecule has 0 aliphatic heterocycles. The van der Waals surface area contributed by atoms with Crippen molar-refractivity contribution in [2.45, 2.75) is 68.2 Å². The highest BCUT2D eigenvalue weighted by atomic mass is 15.0. The molecule has 0 saturated heterocycles. The highest BCUT2D eigenvalue weighted by Crippen LogP contribution is 2.38. The van der Waals surface area contributed by atoms with Crippen molar-refractivity contribution in [2.24, 2.45) is 0 Å². The van der Waals surface area contributed by atoms with Gasteiger partial charge in [0.2, 0.25) is 0 Å².